The average Bonchev–Trinajstić information content (AvgIpc) is 3.10. The third-order valence-corrected chi connectivity index (χ3v) is 3.91. The second-order valence-corrected chi connectivity index (χ2v) is 9.77. The minimum atomic E-state index is -0.173. The van der Waals surface area contributed by atoms with E-state index in [1.165, 1.54) is 0 Å². The fraction of sp³-hybridized carbons (Fsp3) is 0.720. The number of aromatic nitrogens is 1. The number of esters is 2. The highest BCUT2D eigenvalue weighted by atomic mass is 16.6. The SMILES string of the molecule is C.C.CC(C)(C)CC(=O)OCC1CCCO1.CC(C)(C)CC(=O)OCc1ccccn1. The van der Waals surface area contributed by atoms with Crippen LogP contribution < -0.4 is 0 Å². The van der Waals surface area contributed by atoms with Crippen molar-refractivity contribution < 1.29 is 23.8 Å². The van der Waals surface area contributed by atoms with Gasteiger partial charge in [0, 0.05) is 12.8 Å². The number of carbonyl (C=O) groups excluding carboxylic acids is 2. The Morgan fingerprint density at radius 3 is 2.03 bits per heavy atom. The summed E-state index contributed by atoms with van der Waals surface area (Å²) in [6.07, 6.45) is 4.83. The number of carbonyl (C=O) groups is 2. The lowest BCUT2D eigenvalue weighted by atomic mass is 9.92. The van der Waals surface area contributed by atoms with Crippen molar-refractivity contribution in [3.8, 4) is 0 Å². The van der Waals surface area contributed by atoms with E-state index in [4.69, 9.17) is 14.2 Å². The van der Waals surface area contributed by atoms with Crippen molar-refractivity contribution in [3.63, 3.8) is 0 Å². The molecule has 1 fully saturated rings. The summed E-state index contributed by atoms with van der Waals surface area (Å²) in [7, 11) is 0. The molecule has 6 nitrogen and oxygen atoms in total. The van der Waals surface area contributed by atoms with Crippen molar-refractivity contribution in [1.82, 2.24) is 4.98 Å². The zero-order valence-corrected chi connectivity index (χ0v) is 18.8. The molecule has 1 atom stereocenters. The van der Waals surface area contributed by atoms with E-state index >= 15 is 0 Å². The van der Waals surface area contributed by atoms with E-state index in [-0.39, 0.29) is 50.3 Å². The van der Waals surface area contributed by atoms with Gasteiger partial charge < -0.3 is 14.2 Å². The van der Waals surface area contributed by atoms with E-state index in [1.54, 1.807) is 6.20 Å². The molecule has 2 heterocycles. The Morgan fingerprint density at radius 2 is 1.58 bits per heavy atom. The number of hydrogen-bond acceptors (Lipinski definition) is 6. The predicted molar refractivity (Wildman–Crippen MR) is 126 cm³/mol. The second kappa shape index (κ2) is 15.0. The Kier molecular flexibility index (Phi) is 15.1. The molecule has 0 N–H and O–H groups in total. The largest absolute Gasteiger partial charge is 0.463 e. The maximum absolute atomic E-state index is 11.4. The standard InChI is InChI=1S/C12H17NO2.C11H20O3.2CH4/c1-12(2,3)8-11(14)15-9-10-6-4-5-7-13-10;1-11(2,3)7-10(12)14-8-9-5-4-6-13-9;;/h4-7H,8-9H2,1-3H3;9H,4-8H2,1-3H3;2*1H4. The maximum Gasteiger partial charge on any atom is 0.306 e. The smallest absolute Gasteiger partial charge is 0.306 e. The molecular weight excluding hydrogens is 394 g/mol. The molecule has 1 unspecified atom stereocenters. The molecule has 180 valence electrons. The highest BCUT2D eigenvalue weighted by molar-refractivity contribution is 5.70. The Balaban J connectivity index is 0. The van der Waals surface area contributed by atoms with Gasteiger partial charge in [0.15, 0.2) is 0 Å². The van der Waals surface area contributed by atoms with Gasteiger partial charge in [0.2, 0.25) is 0 Å². The van der Waals surface area contributed by atoms with Crippen LogP contribution in [0, 0.1) is 10.8 Å². The van der Waals surface area contributed by atoms with E-state index in [2.05, 4.69) is 4.98 Å². The number of hydrogen-bond donors (Lipinski definition) is 0. The zero-order chi connectivity index (χ0) is 21.9. The van der Waals surface area contributed by atoms with E-state index in [9.17, 15) is 9.59 Å². The van der Waals surface area contributed by atoms with Crippen LogP contribution in [0.15, 0.2) is 24.4 Å². The lowest BCUT2D eigenvalue weighted by Gasteiger charge is -2.17. The van der Waals surface area contributed by atoms with Crippen molar-refractivity contribution >= 4 is 11.9 Å². The molecule has 0 amide bonds. The van der Waals surface area contributed by atoms with Crippen LogP contribution >= 0.6 is 0 Å². The van der Waals surface area contributed by atoms with Gasteiger partial charge in [-0.2, -0.15) is 0 Å². The summed E-state index contributed by atoms with van der Waals surface area (Å²) in [6, 6.07) is 5.55. The Labute approximate surface area is 190 Å². The monoisotopic (exact) mass is 439 g/mol. The topological polar surface area (TPSA) is 74.7 Å². The van der Waals surface area contributed by atoms with Gasteiger partial charge in [-0.05, 0) is 35.8 Å². The molecule has 1 aromatic rings. The molecule has 1 aliphatic heterocycles. The van der Waals surface area contributed by atoms with Crippen LogP contribution in [-0.4, -0.2) is 36.2 Å². The summed E-state index contributed by atoms with van der Waals surface area (Å²) in [5.41, 5.74) is 0.759. The van der Waals surface area contributed by atoms with Crippen LogP contribution in [-0.2, 0) is 30.4 Å². The van der Waals surface area contributed by atoms with Gasteiger partial charge in [0.05, 0.1) is 24.6 Å². The quantitative estimate of drug-likeness (QED) is 0.508. The van der Waals surface area contributed by atoms with Crippen LogP contribution in [0.1, 0.15) is 87.8 Å². The molecule has 0 aliphatic carbocycles. The molecule has 0 bridgehead atoms. The van der Waals surface area contributed by atoms with Gasteiger partial charge in [-0.25, -0.2) is 0 Å². The first-order chi connectivity index (χ1) is 13.4. The van der Waals surface area contributed by atoms with Gasteiger partial charge in [-0.3, -0.25) is 14.6 Å². The Hall–Kier alpha value is -1.95. The summed E-state index contributed by atoms with van der Waals surface area (Å²) in [6.45, 7) is 13.6. The van der Waals surface area contributed by atoms with Gasteiger partial charge in [0.1, 0.15) is 13.2 Å². The maximum atomic E-state index is 11.4. The van der Waals surface area contributed by atoms with Crippen LogP contribution in [0.5, 0.6) is 0 Å². The van der Waals surface area contributed by atoms with Crippen molar-refractivity contribution in [2.75, 3.05) is 13.2 Å². The summed E-state index contributed by atoms with van der Waals surface area (Å²) in [4.78, 5) is 26.8. The second-order valence-electron chi connectivity index (χ2n) is 9.77. The third kappa shape index (κ3) is 17.4. The number of nitrogens with zero attached hydrogens (tertiary/aromatic N) is 1. The number of ether oxygens (including phenoxy) is 3. The molecule has 0 radical (unpaired) electrons. The molecular formula is C25H45NO5. The van der Waals surface area contributed by atoms with Gasteiger partial charge in [-0.15, -0.1) is 0 Å². The van der Waals surface area contributed by atoms with E-state index < -0.39 is 0 Å². The van der Waals surface area contributed by atoms with Crippen LogP contribution in [0.25, 0.3) is 0 Å². The van der Waals surface area contributed by atoms with Crippen molar-refractivity contribution in [2.24, 2.45) is 10.8 Å². The normalized spacial score (nSPS) is 15.5. The fourth-order valence-corrected chi connectivity index (χ4v) is 2.57. The molecule has 2 rings (SSSR count). The molecule has 0 spiro atoms. The first kappa shape index (κ1) is 31.2. The van der Waals surface area contributed by atoms with Crippen LogP contribution in [0.4, 0.5) is 0 Å². The number of pyridine rings is 1. The molecule has 1 saturated heterocycles. The summed E-state index contributed by atoms with van der Waals surface area (Å²) in [5, 5.41) is 0. The van der Waals surface area contributed by atoms with Crippen molar-refractivity contribution in [1.29, 1.82) is 0 Å². The molecule has 1 aliphatic rings. The fourth-order valence-electron chi connectivity index (χ4n) is 2.57. The van der Waals surface area contributed by atoms with Crippen LogP contribution in [0.3, 0.4) is 0 Å². The zero-order valence-electron chi connectivity index (χ0n) is 18.8. The van der Waals surface area contributed by atoms with Gasteiger partial charge in [0.25, 0.3) is 0 Å². The van der Waals surface area contributed by atoms with Crippen molar-refractivity contribution in [3.05, 3.63) is 30.1 Å². The minimum Gasteiger partial charge on any atom is -0.463 e. The molecule has 0 aromatic carbocycles. The summed E-state index contributed by atoms with van der Waals surface area (Å²) < 4.78 is 15.6. The van der Waals surface area contributed by atoms with Gasteiger partial charge >= 0.3 is 11.9 Å². The van der Waals surface area contributed by atoms with E-state index in [1.807, 2.05) is 59.7 Å². The van der Waals surface area contributed by atoms with Gasteiger partial charge in [-0.1, -0.05) is 62.5 Å². The highest BCUT2D eigenvalue weighted by Gasteiger charge is 2.21. The number of rotatable bonds is 6. The lowest BCUT2D eigenvalue weighted by molar-refractivity contribution is -0.149. The minimum absolute atomic E-state index is 0. The van der Waals surface area contributed by atoms with E-state index in [0.717, 1.165) is 25.1 Å². The molecule has 0 saturated carbocycles. The molecule has 1 aromatic heterocycles. The molecule has 31 heavy (non-hydrogen) atoms. The first-order valence-electron chi connectivity index (χ1n) is 10.3. The predicted octanol–water partition coefficient (Wildman–Crippen LogP) is 5.98. The highest BCUT2D eigenvalue weighted by Crippen LogP contribution is 2.20. The van der Waals surface area contributed by atoms with Crippen molar-refractivity contribution in [2.45, 2.75) is 94.8 Å². The lowest BCUT2D eigenvalue weighted by Crippen LogP contribution is -2.21. The molecule has 6 heteroatoms. The summed E-state index contributed by atoms with van der Waals surface area (Å²) in [5.74, 6) is -0.291. The summed E-state index contributed by atoms with van der Waals surface area (Å²) >= 11 is 0. The average molecular weight is 440 g/mol. The Morgan fingerprint density at radius 1 is 1.00 bits per heavy atom. The first-order valence-corrected chi connectivity index (χ1v) is 10.3. The van der Waals surface area contributed by atoms with Crippen LogP contribution in [0.2, 0.25) is 0 Å². The van der Waals surface area contributed by atoms with E-state index in [0.29, 0.717) is 19.4 Å². The third-order valence-electron chi connectivity index (χ3n) is 3.91. The Bertz CT molecular complexity index is 611.